The van der Waals surface area contributed by atoms with Gasteiger partial charge >= 0.3 is 0 Å². The summed E-state index contributed by atoms with van der Waals surface area (Å²) in [5.41, 5.74) is 5.04. The van der Waals surface area contributed by atoms with Crippen molar-refractivity contribution in [2.45, 2.75) is 12.1 Å². The maximum Gasteiger partial charge on any atom is 0.0544 e. The third-order valence-corrected chi connectivity index (χ3v) is 7.14. The largest absolute Gasteiger partial charge is 0.386 e. The van der Waals surface area contributed by atoms with Crippen molar-refractivity contribution in [3.05, 3.63) is 162 Å². The SMILES string of the molecule is [Ir].[Ir].[c-]1ccccc1C1NC=CC2C=CC=CC21.[c-]1ccccc1C1NC=Cc2c1ccc1ccccc21. The van der Waals surface area contributed by atoms with Crippen LogP contribution in [0.15, 0.2) is 128 Å². The molecule has 2 aliphatic heterocycles. The molecule has 0 saturated carbocycles. The van der Waals surface area contributed by atoms with Crippen molar-refractivity contribution < 1.29 is 40.2 Å². The molecule has 2 nitrogen and oxygen atoms in total. The Morgan fingerprint density at radius 3 is 2.16 bits per heavy atom. The third kappa shape index (κ3) is 5.85. The van der Waals surface area contributed by atoms with E-state index in [1.54, 1.807) is 0 Å². The van der Waals surface area contributed by atoms with Gasteiger partial charge in [0.25, 0.3) is 0 Å². The van der Waals surface area contributed by atoms with Crippen LogP contribution in [-0.4, -0.2) is 0 Å². The van der Waals surface area contributed by atoms with Crippen LogP contribution in [0, 0.1) is 24.0 Å². The number of benzene rings is 4. The summed E-state index contributed by atoms with van der Waals surface area (Å²) in [6.45, 7) is 0. The molecular formula is C34H28Ir2N2-2. The molecule has 0 fully saturated rings. The quantitative estimate of drug-likeness (QED) is 0.207. The summed E-state index contributed by atoms with van der Waals surface area (Å²) in [7, 11) is 0. The number of hydrogen-bond acceptors (Lipinski definition) is 2. The van der Waals surface area contributed by atoms with E-state index in [0.717, 1.165) is 0 Å². The van der Waals surface area contributed by atoms with Crippen molar-refractivity contribution in [3.63, 3.8) is 0 Å². The molecular weight excluding hydrogens is 821 g/mol. The molecule has 4 unspecified atom stereocenters. The van der Waals surface area contributed by atoms with Crippen LogP contribution in [0.25, 0.3) is 16.8 Å². The predicted octanol–water partition coefficient (Wildman–Crippen LogP) is 7.30. The van der Waals surface area contributed by atoms with Crippen LogP contribution in [0.2, 0.25) is 0 Å². The van der Waals surface area contributed by atoms with E-state index in [4.69, 9.17) is 0 Å². The Morgan fingerprint density at radius 1 is 0.632 bits per heavy atom. The van der Waals surface area contributed by atoms with Crippen molar-refractivity contribution in [2.24, 2.45) is 11.8 Å². The molecule has 0 saturated heterocycles. The first kappa shape index (κ1) is 28.0. The summed E-state index contributed by atoms with van der Waals surface area (Å²) < 4.78 is 0. The van der Waals surface area contributed by atoms with E-state index in [1.807, 2.05) is 30.5 Å². The minimum Gasteiger partial charge on any atom is -0.386 e. The molecule has 1 aliphatic carbocycles. The van der Waals surface area contributed by atoms with E-state index < -0.39 is 0 Å². The van der Waals surface area contributed by atoms with E-state index in [0.29, 0.717) is 17.9 Å². The summed E-state index contributed by atoms with van der Waals surface area (Å²) in [6.07, 6.45) is 17.3. The molecule has 4 heteroatoms. The first-order valence-corrected chi connectivity index (χ1v) is 12.5. The van der Waals surface area contributed by atoms with Crippen molar-refractivity contribution in [2.75, 3.05) is 0 Å². The molecule has 2 heterocycles. The number of nitrogens with one attached hydrogen (secondary N) is 2. The second-order valence-corrected chi connectivity index (χ2v) is 9.29. The average Bonchev–Trinajstić information content (AvgIpc) is 2.98. The van der Waals surface area contributed by atoms with Gasteiger partial charge in [0.15, 0.2) is 0 Å². The van der Waals surface area contributed by atoms with Gasteiger partial charge in [-0.3, -0.25) is 0 Å². The van der Waals surface area contributed by atoms with E-state index >= 15 is 0 Å². The number of rotatable bonds is 2. The van der Waals surface area contributed by atoms with Gasteiger partial charge < -0.3 is 10.6 Å². The maximum atomic E-state index is 3.44. The van der Waals surface area contributed by atoms with Crippen LogP contribution in [0.4, 0.5) is 0 Å². The molecule has 3 aliphatic rings. The van der Waals surface area contributed by atoms with E-state index in [1.165, 1.54) is 33.0 Å². The Kier molecular flexibility index (Phi) is 9.72. The standard InChI is InChI=1S/C19H14N.C15H14N.2Ir/c1-2-7-15(8-3-1)19-18-11-10-14-6-4-5-9-16(14)17(18)12-13-20-19;1-2-7-13(8-3-1)15-14-9-5-4-6-12(14)10-11-16-15;;/h1-7,9-13,19-20H;1-7,9-12,14-16H;;/q2*-1;;. The number of allylic oxidation sites excluding steroid dienone is 4. The summed E-state index contributed by atoms with van der Waals surface area (Å²) in [5, 5.41) is 9.48. The molecule has 2 N–H and O–H groups in total. The van der Waals surface area contributed by atoms with Crippen LogP contribution in [0.3, 0.4) is 0 Å². The van der Waals surface area contributed by atoms with Crippen molar-refractivity contribution in [3.8, 4) is 0 Å². The smallest absolute Gasteiger partial charge is 0.0544 e. The molecule has 4 aromatic rings. The molecule has 4 atom stereocenters. The normalized spacial score (nSPS) is 21.8. The average molecular weight is 849 g/mol. The Hall–Kier alpha value is -3.00. The van der Waals surface area contributed by atoms with Gasteiger partial charge in [-0.2, -0.15) is 60.7 Å². The van der Waals surface area contributed by atoms with Crippen LogP contribution >= 0.6 is 0 Å². The van der Waals surface area contributed by atoms with Gasteiger partial charge in [0.1, 0.15) is 0 Å². The monoisotopic (exact) mass is 850 g/mol. The molecule has 0 amide bonds. The van der Waals surface area contributed by atoms with Crippen molar-refractivity contribution in [1.29, 1.82) is 0 Å². The molecule has 7 rings (SSSR count). The zero-order valence-electron chi connectivity index (χ0n) is 20.7. The molecule has 0 spiro atoms. The van der Waals surface area contributed by atoms with Gasteiger partial charge in [0.05, 0.1) is 6.04 Å². The molecule has 4 aromatic carbocycles. The van der Waals surface area contributed by atoms with Crippen LogP contribution in [0.1, 0.15) is 34.3 Å². The fourth-order valence-corrected chi connectivity index (χ4v) is 5.36. The Labute approximate surface area is 252 Å². The van der Waals surface area contributed by atoms with Gasteiger partial charge in [0, 0.05) is 58.1 Å². The molecule has 2 radical (unpaired) electrons. The second kappa shape index (κ2) is 13.2. The van der Waals surface area contributed by atoms with Gasteiger partial charge in [-0.25, -0.2) is 0 Å². The van der Waals surface area contributed by atoms with Gasteiger partial charge in [-0.1, -0.05) is 66.8 Å². The summed E-state index contributed by atoms with van der Waals surface area (Å²) in [4.78, 5) is 0. The van der Waals surface area contributed by atoms with E-state index in [2.05, 4.69) is 126 Å². The van der Waals surface area contributed by atoms with Crippen LogP contribution in [-0.2, 0) is 40.2 Å². The molecule has 0 bridgehead atoms. The summed E-state index contributed by atoms with van der Waals surface area (Å²) in [5.74, 6) is 1.03. The first-order chi connectivity index (χ1) is 17.9. The Morgan fingerprint density at radius 2 is 1.37 bits per heavy atom. The molecule has 0 aromatic heterocycles. The zero-order valence-corrected chi connectivity index (χ0v) is 25.5. The first-order valence-electron chi connectivity index (χ1n) is 12.5. The second-order valence-electron chi connectivity index (χ2n) is 9.29. The number of fused-ring (bicyclic) bond motifs is 4. The van der Waals surface area contributed by atoms with E-state index in [-0.39, 0.29) is 46.3 Å². The van der Waals surface area contributed by atoms with Gasteiger partial charge in [-0.05, 0) is 40.4 Å². The Balaban J connectivity index is 0.000000172. The fraction of sp³-hybridized carbons (Fsp3) is 0.118. The summed E-state index contributed by atoms with van der Waals surface area (Å²) >= 11 is 0. The maximum absolute atomic E-state index is 3.44. The number of hydrogen-bond donors (Lipinski definition) is 2. The van der Waals surface area contributed by atoms with Gasteiger partial charge in [-0.15, -0.1) is 11.1 Å². The predicted molar refractivity (Wildman–Crippen MR) is 149 cm³/mol. The van der Waals surface area contributed by atoms with Gasteiger partial charge in [0.2, 0.25) is 0 Å². The summed E-state index contributed by atoms with van der Waals surface area (Å²) in [6, 6.07) is 36.5. The molecule has 38 heavy (non-hydrogen) atoms. The minimum atomic E-state index is 0. The van der Waals surface area contributed by atoms with Crippen LogP contribution in [0.5, 0.6) is 0 Å². The van der Waals surface area contributed by atoms with Crippen molar-refractivity contribution in [1.82, 2.24) is 10.6 Å². The fourth-order valence-electron chi connectivity index (χ4n) is 5.36. The topological polar surface area (TPSA) is 24.1 Å². The van der Waals surface area contributed by atoms with Crippen LogP contribution < -0.4 is 10.6 Å². The minimum absolute atomic E-state index is 0. The molecule has 194 valence electrons. The third-order valence-electron chi connectivity index (χ3n) is 7.14. The van der Waals surface area contributed by atoms with Crippen molar-refractivity contribution >= 4 is 16.8 Å². The zero-order chi connectivity index (χ0) is 24.2. The Bertz CT molecular complexity index is 1460. The van der Waals surface area contributed by atoms with E-state index in [9.17, 15) is 0 Å².